The molecule has 0 spiro atoms. The third kappa shape index (κ3) is 6.74. The minimum atomic E-state index is -0.992. The molecule has 7 nitrogen and oxygen atoms in total. The second kappa shape index (κ2) is 13.7. The van der Waals surface area contributed by atoms with E-state index < -0.39 is 42.0 Å². The number of likely N-dealkylation sites (tertiary alicyclic amines) is 1. The zero-order valence-electron chi connectivity index (χ0n) is 24.0. The first kappa shape index (κ1) is 30.7. The summed E-state index contributed by atoms with van der Waals surface area (Å²) < 4.78 is 20.0. The highest BCUT2D eigenvalue weighted by Crippen LogP contribution is 2.47. The number of ether oxygens (including phenoxy) is 1. The number of halogens is 1. The van der Waals surface area contributed by atoms with E-state index in [2.05, 4.69) is 0 Å². The van der Waals surface area contributed by atoms with Crippen molar-refractivity contribution in [1.82, 2.24) is 4.90 Å². The molecular weight excluding hydrogens is 569 g/mol. The number of allylic oxidation sites excluding steroid dienone is 1. The number of thiophene rings is 1. The maximum absolute atomic E-state index is 13.9. The molecule has 2 aromatic carbocycles. The summed E-state index contributed by atoms with van der Waals surface area (Å²) in [5.74, 6) is -3.19. The van der Waals surface area contributed by atoms with Crippen molar-refractivity contribution in [3.63, 3.8) is 0 Å². The van der Waals surface area contributed by atoms with Gasteiger partial charge in [-0.3, -0.25) is 14.5 Å². The predicted octanol–water partition coefficient (Wildman–Crippen LogP) is 5.72. The normalized spacial score (nSPS) is 21.3. The van der Waals surface area contributed by atoms with Gasteiger partial charge in [-0.2, -0.15) is 0 Å². The number of benzene rings is 2. The van der Waals surface area contributed by atoms with Crippen LogP contribution in [0.4, 0.5) is 4.39 Å². The van der Waals surface area contributed by atoms with E-state index in [1.54, 1.807) is 6.07 Å². The molecule has 9 heteroatoms. The molecule has 5 rings (SSSR count). The van der Waals surface area contributed by atoms with Gasteiger partial charge in [0.15, 0.2) is 11.6 Å². The monoisotopic (exact) mass is 605 g/mol. The largest absolute Gasteiger partial charge is 0.505 e. The van der Waals surface area contributed by atoms with E-state index in [0.29, 0.717) is 36.1 Å². The lowest BCUT2D eigenvalue weighted by molar-refractivity contribution is -0.140. The Bertz CT molecular complexity index is 1500. The van der Waals surface area contributed by atoms with Gasteiger partial charge >= 0.3 is 0 Å². The van der Waals surface area contributed by atoms with Gasteiger partial charge in [-0.1, -0.05) is 48.9 Å². The molecule has 0 bridgehead atoms. The van der Waals surface area contributed by atoms with Gasteiger partial charge in [0.25, 0.3) is 0 Å². The van der Waals surface area contributed by atoms with Gasteiger partial charge in [0.1, 0.15) is 12.4 Å². The number of hydrogen-bond acceptors (Lipinski definition) is 7. The van der Waals surface area contributed by atoms with Gasteiger partial charge in [0.2, 0.25) is 11.8 Å². The van der Waals surface area contributed by atoms with Crippen LogP contribution in [-0.4, -0.2) is 51.4 Å². The number of fused-ring (bicyclic) bond motifs is 1. The molecule has 226 valence electrons. The fourth-order valence-electron chi connectivity index (χ4n) is 6.24. The lowest BCUT2D eigenvalue weighted by Gasteiger charge is -2.36. The smallest absolute Gasteiger partial charge is 0.234 e. The van der Waals surface area contributed by atoms with Crippen molar-refractivity contribution in [2.75, 3.05) is 13.2 Å². The highest BCUT2D eigenvalue weighted by Gasteiger charge is 2.54. The Morgan fingerprint density at radius 3 is 2.60 bits per heavy atom. The molecule has 0 saturated carbocycles. The molecule has 3 aromatic rings. The van der Waals surface area contributed by atoms with Gasteiger partial charge in [-0.05, 0) is 78.1 Å². The number of phenolic OH excluding ortho intramolecular Hbond substituents is 1. The zero-order chi connectivity index (χ0) is 30.5. The summed E-state index contributed by atoms with van der Waals surface area (Å²) in [5, 5.41) is 33.7. The van der Waals surface area contributed by atoms with Crippen molar-refractivity contribution in [1.29, 1.82) is 0 Å². The van der Waals surface area contributed by atoms with E-state index in [-0.39, 0.29) is 31.4 Å². The van der Waals surface area contributed by atoms with Gasteiger partial charge in [-0.25, -0.2) is 4.39 Å². The summed E-state index contributed by atoms with van der Waals surface area (Å²) in [6.45, 7) is 1.89. The van der Waals surface area contributed by atoms with E-state index in [1.165, 1.54) is 28.4 Å². The summed E-state index contributed by atoms with van der Waals surface area (Å²) in [6.07, 6.45) is 2.56. The van der Waals surface area contributed by atoms with Crippen LogP contribution in [0.2, 0.25) is 0 Å². The average Bonchev–Trinajstić information content (AvgIpc) is 3.62. The number of aromatic hydroxyl groups is 1. The van der Waals surface area contributed by atoms with E-state index >= 15 is 0 Å². The van der Waals surface area contributed by atoms with Crippen LogP contribution in [0.3, 0.4) is 0 Å². The van der Waals surface area contributed by atoms with Gasteiger partial charge in [0, 0.05) is 10.8 Å². The summed E-state index contributed by atoms with van der Waals surface area (Å²) >= 11 is 1.47. The average molecular weight is 606 g/mol. The minimum Gasteiger partial charge on any atom is -0.505 e. The molecular formula is C34H36FNO6S. The highest BCUT2D eigenvalue weighted by atomic mass is 32.1. The number of carbonyl (C=O) groups excluding carboxylic acids is 2. The third-order valence-electron chi connectivity index (χ3n) is 8.42. The van der Waals surface area contributed by atoms with Crippen LogP contribution < -0.4 is 4.74 Å². The zero-order valence-corrected chi connectivity index (χ0v) is 24.8. The topological polar surface area (TPSA) is 107 Å². The molecule has 2 amide bonds. The second-order valence-electron chi connectivity index (χ2n) is 11.0. The number of amides is 2. The maximum atomic E-state index is 13.9. The van der Waals surface area contributed by atoms with Crippen molar-refractivity contribution in [3.8, 4) is 11.5 Å². The van der Waals surface area contributed by atoms with Crippen LogP contribution in [0, 0.1) is 23.6 Å². The van der Waals surface area contributed by atoms with Crippen molar-refractivity contribution < 1.29 is 34.0 Å². The highest BCUT2D eigenvalue weighted by molar-refractivity contribution is 7.09. The SMILES string of the molecule is CC/C(=C\c1ccc(O)c(F)c1)CC[C@@H](O)C1=C(COc2ccccc2)C[C@H]2C(=O)N(Cc3cccs3)C(=O)[C@H]2[C@H]1CO. The Morgan fingerprint density at radius 1 is 1.14 bits per heavy atom. The fourth-order valence-corrected chi connectivity index (χ4v) is 6.93. The quantitative estimate of drug-likeness (QED) is 0.180. The third-order valence-corrected chi connectivity index (χ3v) is 9.28. The molecule has 2 heterocycles. The number of aliphatic hydroxyl groups is 2. The van der Waals surface area contributed by atoms with Gasteiger partial charge < -0.3 is 20.1 Å². The molecule has 43 heavy (non-hydrogen) atoms. The van der Waals surface area contributed by atoms with Crippen molar-refractivity contribution in [3.05, 3.63) is 99.0 Å². The van der Waals surface area contributed by atoms with Crippen LogP contribution in [0.25, 0.3) is 6.08 Å². The predicted molar refractivity (Wildman–Crippen MR) is 163 cm³/mol. The molecule has 3 N–H and O–H groups in total. The number of phenols is 1. The van der Waals surface area contributed by atoms with Crippen LogP contribution in [0.15, 0.2) is 82.8 Å². The first-order valence-corrected chi connectivity index (χ1v) is 15.4. The van der Waals surface area contributed by atoms with E-state index in [0.717, 1.165) is 16.0 Å². The number of rotatable bonds is 12. The van der Waals surface area contributed by atoms with Crippen LogP contribution in [0.5, 0.6) is 11.5 Å². The Kier molecular flexibility index (Phi) is 9.75. The van der Waals surface area contributed by atoms with Gasteiger partial charge in [0.05, 0.1) is 31.1 Å². The molecule has 0 radical (unpaired) electrons. The number of carbonyl (C=O) groups is 2. The summed E-state index contributed by atoms with van der Waals surface area (Å²) in [7, 11) is 0. The van der Waals surface area contributed by atoms with Gasteiger partial charge in [-0.15, -0.1) is 11.3 Å². The number of hydrogen-bond donors (Lipinski definition) is 3. The van der Waals surface area contributed by atoms with Crippen LogP contribution in [-0.2, 0) is 16.1 Å². The molecule has 4 atom stereocenters. The van der Waals surface area contributed by atoms with Crippen molar-refractivity contribution in [2.45, 2.75) is 45.3 Å². The van der Waals surface area contributed by atoms with Crippen molar-refractivity contribution >= 4 is 29.2 Å². The lowest BCUT2D eigenvalue weighted by Crippen LogP contribution is -2.40. The van der Waals surface area contributed by atoms with Crippen LogP contribution >= 0.6 is 11.3 Å². The van der Waals surface area contributed by atoms with Crippen LogP contribution in [0.1, 0.15) is 43.0 Å². The molecule has 1 aliphatic carbocycles. The number of para-hydroxylation sites is 1. The molecule has 2 aliphatic rings. The Balaban J connectivity index is 1.42. The minimum absolute atomic E-state index is 0.117. The molecule has 1 aromatic heterocycles. The lowest BCUT2D eigenvalue weighted by atomic mass is 9.68. The van der Waals surface area contributed by atoms with E-state index in [1.807, 2.05) is 60.8 Å². The maximum Gasteiger partial charge on any atom is 0.234 e. The Hall–Kier alpha value is -3.79. The molecule has 1 aliphatic heterocycles. The number of aliphatic hydroxyl groups excluding tert-OH is 2. The Morgan fingerprint density at radius 2 is 1.93 bits per heavy atom. The van der Waals surface area contributed by atoms with E-state index in [9.17, 15) is 29.3 Å². The number of imide groups is 1. The first-order chi connectivity index (χ1) is 20.8. The fraction of sp³-hybridized carbons (Fsp3) is 0.353. The summed E-state index contributed by atoms with van der Waals surface area (Å²) in [6, 6.07) is 17.2. The second-order valence-corrected chi connectivity index (χ2v) is 12.1. The summed E-state index contributed by atoms with van der Waals surface area (Å²) in [4.78, 5) is 29.4. The van der Waals surface area contributed by atoms with Crippen molar-refractivity contribution in [2.24, 2.45) is 17.8 Å². The van der Waals surface area contributed by atoms with E-state index in [4.69, 9.17) is 4.74 Å². The Labute approximate surface area is 254 Å². The summed E-state index contributed by atoms with van der Waals surface area (Å²) in [5.41, 5.74) is 2.85. The first-order valence-electron chi connectivity index (χ1n) is 14.5. The number of nitrogens with zero attached hydrogens (tertiary/aromatic N) is 1. The molecule has 1 saturated heterocycles. The standard InChI is InChI=1S/C34H36FNO6S/c1-2-21(15-22-11-12-29(38)28(35)16-22)10-13-30(39)31-23(20-42-24-7-4-3-5-8-24)17-26-32(27(31)19-37)34(41)36(33(26)40)18-25-9-6-14-43-25/h3-9,11-12,14-16,26-27,30,32,37-39H,2,10,13,17-20H2,1H3/b21-15+/t26-,27+,30-,32-/m1/s1. The molecule has 1 fully saturated rings. The molecule has 0 unspecified atom stereocenters.